The lowest BCUT2D eigenvalue weighted by molar-refractivity contribution is 0.102. The van der Waals surface area contributed by atoms with Crippen LogP contribution in [0.4, 0.5) is 11.4 Å². The third-order valence-electron chi connectivity index (χ3n) is 3.43. The predicted octanol–water partition coefficient (Wildman–Crippen LogP) is 4.72. The molecule has 0 spiro atoms. The Kier molecular flexibility index (Phi) is 4.68. The SMILES string of the molecule is Cc1cccc(C(C)C)c1NC(=O)c1cc(Br)ccc1N. The van der Waals surface area contributed by atoms with Crippen LogP contribution >= 0.6 is 15.9 Å². The van der Waals surface area contributed by atoms with Gasteiger partial charge in [0.25, 0.3) is 5.91 Å². The van der Waals surface area contributed by atoms with Gasteiger partial charge < -0.3 is 11.1 Å². The summed E-state index contributed by atoms with van der Waals surface area (Å²) < 4.78 is 0.829. The van der Waals surface area contributed by atoms with E-state index in [4.69, 9.17) is 5.73 Å². The fourth-order valence-electron chi connectivity index (χ4n) is 2.25. The van der Waals surface area contributed by atoms with E-state index < -0.39 is 0 Å². The fourth-order valence-corrected chi connectivity index (χ4v) is 2.61. The van der Waals surface area contributed by atoms with E-state index in [0.717, 1.165) is 21.3 Å². The minimum absolute atomic E-state index is 0.190. The standard InChI is InChI=1S/C17H19BrN2O/c1-10(2)13-6-4-5-11(3)16(13)20-17(21)14-9-12(18)7-8-15(14)19/h4-10H,19H2,1-3H3,(H,20,21). The van der Waals surface area contributed by atoms with E-state index >= 15 is 0 Å². The van der Waals surface area contributed by atoms with Gasteiger partial charge >= 0.3 is 0 Å². The number of amides is 1. The summed E-state index contributed by atoms with van der Waals surface area (Å²) in [7, 11) is 0. The van der Waals surface area contributed by atoms with Crippen LogP contribution in [0.5, 0.6) is 0 Å². The Morgan fingerprint density at radius 1 is 1.24 bits per heavy atom. The van der Waals surface area contributed by atoms with E-state index in [-0.39, 0.29) is 5.91 Å². The molecule has 0 aliphatic heterocycles. The third kappa shape index (κ3) is 3.45. The number of aryl methyl sites for hydroxylation is 1. The maximum absolute atomic E-state index is 12.5. The first-order valence-electron chi connectivity index (χ1n) is 6.86. The lowest BCUT2D eigenvalue weighted by Crippen LogP contribution is -2.16. The maximum Gasteiger partial charge on any atom is 0.257 e. The molecule has 0 saturated carbocycles. The number of nitrogens with two attached hydrogens (primary N) is 1. The second kappa shape index (κ2) is 6.31. The highest BCUT2D eigenvalue weighted by Crippen LogP contribution is 2.28. The number of nitrogen functional groups attached to an aromatic ring is 1. The van der Waals surface area contributed by atoms with Crippen molar-refractivity contribution in [2.24, 2.45) is 0 Å². The van der Waals surface area contributed by atoms with E-state index in [9.17, 15) is 4.79 Å². The molecule has 2 aromatic carbocycles. The van der Waals surface area contributed by atoms with Crippen LogP contribution in [0.2, 0.25) is 0 Å². The quantitative estimate of drug-likeness (QED) is 0.790. The molecule has 0 saturated heterocycles. The van der Waals surface area contributed by atoms with Gasteiger partial charge in [-0.05, 0) is 42.2 Å². The average molecular weight is 347 g/mol. The maximum atomic E-state index is 12.5. The van der Waals surface area contributed by atoms with Crippen molar-refractivity contribution in [1.29, 1.82) is 0 Å². The number of hydrogen-bond donors (Lipinski definition) is 2. The molecule has 21 heavy (non-hydrogen) atoms. The van der Waals surface area contributed by atoms with Crippen molar-refractivity contribution in [3.63, 3.8) is 0 Å². The number of halogens is 1. The lowest BCUT2D eigenvalue weighted by atomic mass is 9.98. The molecule has 2 rings (SSSR count). The molecule has 0 atom stereocenters. The molecule has 0 heterocycles. The minimum atomic E-state index is -0.190. The van der Waals surface area contributed by atoms with Crippen LogP contribution in [0.25, 0.3) is 0 Å². The van der Waals surface area contributed by atoms with Crippen molar-refractivity contribution in [3.8, 4) is 0 Å². The molecular formula is C17H19BrN2O. The fraction of sp³-hybridized carbons (Fsp3) is 0.235. The van der Waals surface area contributed by atoms with Gasteiger partial charge in [0.15, 0.2) is 0 Å². The first-order chi connectivity index (χ1) is 9.90. The Morgan fingerprint density at radius 2 is 1.95 bits per heavy atom. The second-order valence-corrected chi connectivity index (χ2v) is 6.30. The Morgan fingerprint density at radius 3 is 2.62 bits per heavy atom. The van der Waals surface area contributed by atoms with Gasteiger partial charge in [-0.2, -0.15) is 0 Å². The minimum Gasteiger partial charge on any atom is -0.398 e. The Balaban J connectivity index is 2.38. The molecule has 0 aromatic heterocycles. The first kappa shape index (κ1) is 15.6. The molecule has 0 radical (unpaired) electrons. The third-order valence-corrected chi connectivity index (χ3v) is 3.92. The van der Waals surface area contributed by atoms with E-state index in [1.165, 1.54) is 0 Å². The molecule has 0 aliphatic carbocycles. The Hall–Kier alpha value is -1.81. The molecule has 0 fully saturated rings. The number of carbonyl (C=O) groups is 1. The van der Waals surface area contributed by atoms with Crippen molar-refractivity contribution in [2.45, 2.75) is 26.7 Å². The van der Waals surface area contributed by atoms with Gasteiger partial charge in [-0.1, -0.05) is 48.0 Å². The number of para-hydroxylation sites is 1. The van der Waals surface area contributed by atoms with Crippen LogP contribution in [-0.4, -0.2) is 5.91 Å². The molecule has 0 aliphatic rings. The van der Waals surface area contributed by atoms with Crippen molar-refractivity contribution in [2.75, 3.05) is 11.1 Å². The van der Waals surface area contributed by atoms with E-state index in [2.05, 4.69) is 35.1 Å². The van der Waals surface area contributed by atoms with Crippen molar-refractivity contribution >= 4 is 33.2 Å². The van der Waals surface area contributed by atoms with Crippen LogP contribution in [-0.2, 0) is 0 Å². The summed E-state index contributed by atoms with van der Waals surface area (Å²) in [5, 5.41) is 3.00. The summed E-state index contributed by atoms with van der Waals surface area (Å²) in [6.45, 7) is 6.21. The smallest absolute Gasteiger partial charge is 0.257 e. The number of rotatable bonds is 3. The summed E-state index contributed by atoms with van der Waals surface area (Å²) in [5.41, 5.74) is 9.88. The van der Waals surface area contributed by atoms with Crippen LogP contribution in [0, 0.1) is 6.92 Å². The molecule has 3 N–H and O–H groups in total. The van der Waals surface area contributed by atoms with Gasteiger partial charge in [-0.25, -0.2) is 0 Å². The zero-order valence-electron chi connectivity index (χ0n) is 12.4. The summed E-state index contributed by atoms with van der Waals surface area (Å²) in [6, 6.07) is 11.3. The number of anilines is 2. The highest BCUT2D eigenvalue weighted by Gasteiger charge is 2.15. The van der Waals surface area contributed by atoms with E-state index in [1.807, 2.05) is 31.2 Å². The van der Waals surface area contributed by atoms with Gasteiger partial charge in [0, 0.05) is 15.8 Å². The second-order valence-electron chi connectivity index (χ2n) is 5.38. The van der Waals surface area contributed by atoms with Crippen LogP contribution in [0.1, 0.15) is 41.3 Å². The molecule has 1 amide bonds. The first-order valence-corrected chi connectivity index (χ1v) is 7.65. The largest absolute Gasteiger partial charge is 0.398 e. The monoisotopic (exact) mass is 346 g/mol. The summed E-state index contributed by atoms with van der Waals surface area (Å²) in [4.78, 5) is 12.5. The summed E-state index contributed by atoms with van der Waals surface area (Å²) in [6.07, 6.45) is 0. The molecule has 0 unspecified atom stereocenters. The van der Waals surface area contributed by atoms with Gasteiger partial charge in [0.1, 0.15) is 0 Å². The van der Waals surface area contributed by atoms with Crippen molar-refractivity contribution in [3.05, 3.63) is 57.6 Å². The normalized spacial score (nSPS) is 10.7. The van der Waals surface area contributed by atoms with Crippen LogP contribution in [0.15, 0.2) is 40.9 Å². The Labute approximate surface area is 133 Å². The van der Waals surface area contributed by atoms with E-state index in [1.54, 1.807) is 12.1 Å². The lowest BCUT2D eigenvalue weighted by Gasteiger charge is -2.17. The van der Waals surface area contributed by atoms with Gasteiger partial charge in [-0.3, -0.25) is 4.79 Å². The van der Waals surface area contributed by atoms with Gasteiger partial charge in [0.2, 0.25) is 0 Å². The van der Waals surface area contributed by atoms with Gasteiger partial charge in [-0.15, -0.1) is 0 Å². The van der Waals surface area contributed by atoms with E-state index in [0.29, 0.717) is 17.2 Å². The predicted molar refractivity (Wildman–Crippen MR) is 91.8 cm³/mol. The summed E-state index contributed by atoms with van der Waals surface area (Å²) >= 11 is 3.37. The van der Waals surface area contributed by atoms with Crippen LogP contribution < -0.4 is 11.1 Å². The van der Waals surface area contributed by atoms with Crippen molar-refractivity contribution in [1.82, 2.24) is 0 Å². The van der Waals surface area contributed by atoms with Gasteiger partial charge in [0.05, 0.1) is 5.56 Å². The number of benzene rings is 2. The molecule has 110 valence electrons. The van der Waals surface area contributed by atoms with Crippen LogP contribution in [0.3, 0.4) is 0 Å². The molecule has 3 nitrogen and oxygen atoms in total. The summed E-state index contributed by atoms with van der Waals surface area (Å²) in [5.74, 6) is 0.144. The zero-order chi connectivity index (χ0) is 15.6. The van der Waals surface area contributed by atoms with Crippen molar-refractivity contribution < 1.29 is 4.79 Å². The highest BCUT2D eigenvalue weighted by atomic mass is 79.9. The average Bonchev–Trinajstić information content (AvgIpc) is 2.43. The topological polar surface area (TPSA) is 55.1 Å². The molecule has 2 aromatic rings. The molecular weight excluding hydrogens is 328 g/mol. The number of carbonyl (C=O) groups excluding carboxylic acids is 1. The molecule has 4 heteroatoms. The molecule has 0 bridgehead atoms. The number of hydrogen-bond acceptors (Lipinski definition) is 2. The zero-order valence-corrected chi connectivity index (χ0v) is 14.0. The number of nitrogens with one attached hydrogen (secondary N) is 1. The highest BCUT2D eigenvalue weighted by molar-refractivity contribution is 9.10. The Bertz CT molecular complexity index is 680.